The number of fused-ring (bicyclic) bond motifs is 1. The second-order valence-electron chi connectivity index (χ2n) is 8.46. The van der Waals surface area contributed by atoms with Gasteiger partial charge in [-0.15, -0.1) is 0 Å². The molecule has 1 N–H and O–H groups in total. The van der Waals surface area contributed by atoms with E-state index in [1.807, 2.05) is 6.07 Å². The van der Waals surface area contributed by atoms with Crippen molar-refractivity contribution in [2.75, 3.05) is 39.3 Å². The topological polar surface area (TPSA) is 57.6 Å². The summed E-state index contributed by atoms with van der Waals surface area (Å²) in [5, 5.41) is 3.35. The van der Waals surface area contributed by atoms with Crippen molar-refractivity contribution in [3.8, 4) is 0 Å². The van der Waals surface area contributed by atoms with E-state index in [-0.39, 0.29) is 29.5 Å². The van der Waals surface area contributed by atoms with E-state index in [1.54, 1.807) is 18.3 Å². The van der Waals surface area contributed by atoms with Crippen molar-refractivity contribution in [3.63, 3.8) is 0 Å². The van der Waals surface area contributed by atoms with Gasteiger partial charge in [-0.3, -0.25) is 9.59 Å². The highest BCUT2D eigenvalue weighted by molar-refractivity contribution is 5.76. The fourth-order valence-electron chi connectivity index (χ4n) is 5.53. The molecule has 1 amide bonds. The molecule has 0 spiro atoms. The molecular weight excluding hydrogens is 352 g/mol. The summed E-state index contributed by atoms with van der Waals surface area (Å²) in [6.45, 7) is 6.28. The summed E-state index contributed by atoms with van der Waals surface area (Å²) in [5.74, 6) is 0.325. The Bertz CT molecular complexity index is 909. The smallest absolute Gasteiger partial charge is 0.250 e. The van der Waals surface area contributed by atoms with Crippen LogP contribution in [0.3, 0.4) is 0 Å². The summed E-state index contributed by atoms with van der Waals surface area (Å²) in [7, 11) is 0. The Morgan fingerprint density at radius 2 is 1.68 bits per heavy atom. The molecule has 6 heteroatoms. The summed E-state index contributed by atoms with van der Waals surface area (Å²) >= 11 is 0. The molecule has 4 aliphatic rings. The molecule has 0 aliphatic carbocycles. The van der Waals surface area contributed by atoms with Crippen LogP contribution < -0.4 is 10.9 Å². The van der Waals surface area contributed by atoms with Crippen molar-refractivity contribution in [2.24, 2.45) is 5.92 Å². The van der Waals surface area contributed by atoms with Gasteiger partial charge in [0, 0.05) is 68.9 Å². The predicted molar refractivity (Wildman–Crippen MR) is 107 cm³/mol. The van der Waals surface area contributed by atoms with Crippen LogP contribution in [0.25, 0.3) is 0 Å². The van der Waals surface area contributed by atoms with E-state index in [0.29, 0.717) is 5.92 Å². The van der Waals surface area contributed by atoms with Crippen molar-refractivity contribution in [1.82, 2.24) is 19.7 Å². The third-order valence-corrected chi connectivity index (χ3v) is 6.67. The lowest BCUT2D eigenvalue weighted by Crippen LogP contribution is -2.70. The number of amides is 1. The highest BCUT2D eigenvalue weighted by Gasteiger charge is 2.55. The predicted octanol–water partition coefficient (Wildman–Crippen LogP) is 0.532. The van der Waals surface area contributed by atoms with E-state index >= 15 is 0 Å². The molecule has 0 radical (unpaired) electrons. The lowest BCUT2D eigenvalue weighted by molar-refractivity contribution is -0.125. The van der Waals surface area contributed by atoms with Crippen LogP contribution in [0, 0.1) is 5.92 Å². The Hall–Kier alpha value is -2.44. The normalized spacial score (nSPS) is 33.4. The fourth-order valence-corrected chi connectivity index (χ4v) is 5.53. The molecule has 146 valence electrons. The molecular formula is C22H26N4O2. The van der Waals surface area contributed by atoms with Crippen LogP contribution in [-0.2, 0) is 16.8 Å². The second-order valence-corrected chi connectivity index (χ2v) is 8.46. The Balaban J connectivity index is 1.46. The minimum absolute atomic E-state index is 0.0706. The molecule has 2 aromatic rings. The first kappa shape index (κ1) is 17.6. The van der Waals surface area contributed by atoms with Crippen molar-refractivity contribution in [3.05, 3.63) is 70.6 Å². The molecule has 6 rings (SSSR count). The minimum atomic E-state index is -0.144. The van der Waals surface area contributed by atoms with Gasteiger partial charge in [0.25, 0.3) is 5.56 Å². The molecule has 1 aromatic carbocycles. The van der Waals surface area contributed by atoms with Gasteiger partial charge in [0.15, 0.2) is 0 Å². The number of hydrogen-bond acceptors (Lipinski definition) is 4. The van der Waals surface area contributed by atoms with Gasteiger partial charge in [-0.05, 0) is 11.6 Å². The average molecular weight is 378 g/mol. The summed E-state index contributed by atoms with van der Waals surface area (Å²) in [6, 6.07) is 15.7. The first-order valence-corrected chi connectivity index (χ1v) is 10.1. The number of rotatable bonds is 4. The lowest BCUT2D eigenvalue weighted by atomic mass is 9.64. The summed E-state index contributed by atoms with van der Waals surface area (Å²) < 4.78 is 1.47. The SMILES string of the molecule is O=C(Cn1ccccc1=O)N[C@@H]1C2CN3CCN(C2)CC1(c1ccccc1)C3. The molecule has 4 bridgehead atoms. The van der Waals surface area contributed by atoms with E-state index in [4.69, 9.17) is 0 Å². The van der Waals surface area contributed by atoms with Crippen molar-refractivity contribution < 1.29 is 4.79 Å². The minimum Gasteiger partial charge on any atom is -0.350 e. The van der Waals surface area contributed by atoms with Gasteiger partial charge in [-0.25, -0.2) is 0 Å². The molecule has 5 heterocycles. The summed E-state index contributed by atoms with van der Waals surface area (Å²) in [4.78, 5) is 30.0. The quantitative estimate of drug-likeness (QED) is 0.843. The third kappa shape index (κ3) is 2.97. The van der Waals surface area contributed by atoms with E-state index in [0.717, 1.165) is 39.3 Å². The summed E-state index contributed by atoms with van der Waals surface area (Å²) in [5.41, 5.74) is 1.06. The van der Waals surface area contributed by atoms with Gasteiger partial charge in [0.2, 0.25) is 5.91 Å². The van der Waals surface area contributed by atoms with E-state index in [1.165, 1.54) is 16.2 Å². The first-order chi connectivity index (χ1) is 13.6. The number of nitrogens with zero attached hydrogens (tertiary/aromatic N) is 3. The Morgan fingerprint density at radius 1 is 1.00 bits per heavy atom. The van der Waals surface area contributed by atoms with Crippen LogP contribution in [-0.4, -0.2) is 65.6 Å². The first-order valence-electron chi connectivity index (χ1n) is 10.1. The zero-order chi connectivity index (χ0) is 19.1. The second kappa shape index (κ2) is 6.87. The van der Waals surface area contributed by atoms with E-state index in [9.17, 15) is 9.59 Å². The van der Waals surface area contributed by atoms with Crippen LogP contribution in [0.2, 0.25) is 0 Å². The van der Waals surface area contributed by atoms with Crippen molar-refractivity contribution >= 4 is 5.91 Å². The molecule has 1 aromatic heterocycles. The number of aromatic nitrogens is 1. The number of carbonyl (C=O) groups is 1. The van der Waals surface area contributed by atoms with Crippen LogP contribution in [0.15, 0.2) is 59.5 Å². The molecule has 2 unspecified atom stereocenters. The lowest BCUT2D eigenvalue weighted by Gasteiger charge is -2.55. The number of nitrogens with one attached hydrogen (secondary N) is 1. The molecule has 4 fully saturated rings. The third-order valence-electron chi connectivity index (χ3n) is 6.67. The van der Waals surface area contributed by atoms with Crippen molar-refractivity contribution in [2.45, 2.75) is 18.0 Å². The van der Waals surface area contributed by atoms with Gasteiger partial charge in [-0.1, -0.05) is 36.4 Å². The number of pyridine rings is 1. The maximum absolute atomic E-state index is 12.9. The molecule has 4 saturated heterocycles. The molecule has 4 aliphatic heterocycles. The van der Waals surface area contributed by atoms with E-state index < -0.39 is 0 Å². The number of benzene rings is 1. The maximum atomic E-state index is 12.9. The Labute approximate surface area is 164 Å². The largest absolute Gasteiger partial charge is 0.350 e. The Morgan fingerprint density at radius 3 is 2.36 bits per heavy atom. The molecule has 28 heavy (non-hydrogen) atoms. The zero-order valence-corrected chi connectivity index (χ0v) is 16.0. The van der Waals surface area contributed by atoms with Crippen LogP contribution >= 0.6 is 0 Å². The van der Waals surface area contributed by atoms with Gasteiger partial charge >= 0.3 is 0 Å². The van der Waals surface area contributed by atoms with Crippen LogP contribution in [0.5, 0.6) is 0 Å². The standard InChI is InChI=1S/C22H26N4O2/c27-19(14-26-9-5-4-8-20(26)28)23-21-17-12-24-10-11-25(13-17)16-22(21,15-24)18-6-2-1-3-7-18/h1-9,17,21H,10-16H2,(H,23,27)/t17?,21-,22?/m1/s1. The number of piperidine rings is 2. The molecule has 6 nitrogen and oxygen atoms in total. The summed E-state index contributed by atoms with van der Waals surface area (Å²) in [6.07, 6.45) is 1.67. The van der Waals surface area contributed by atoms with Crippen LogP contribution in [0.4, 0.5) is 0 Å². The van der Waals surface area contributed by atoms with Gasteiger partial charge in [0.1, 0.15) is 6.54 Å². The monoisotopic (exact) mass is 378 g/mol. The van der Waals surface area contributed by atoms with Crippen molar-refractivity contribution in [1.29, 1.82) is 0 Å². The fraction of sp³-hybridized carbons (Fsp3) is 0.455. The maximum Gasteiger partial charge on any atom is 0.250 e. The highest BCUT2D eigenvalue weighted by atomic mass is 16.2. The van der Waals surface area contributed by atoms with Gasteiger partial charge in [-0.2, -0.15) is 0 Å². The van der Waals surface area contributed by atoms with Gasteiger partial charge < -0.3 is 19.7 Å². The average Bonchev–Trinajstić information content (AvgIpc) is 2.95. The molecule has 3 atom stereocenters. The Kier molecular flexibility index (Phi) is 4.33. The number of hydrogen-bond donors (Lipinski definition) is 1. The zero-order valence-electron chi connectivity index (χ0n) is 16.0. The van der Waals surface area contributed by atoms with Gasteiger partial charge in [0.05, 0.1) is 0 Å². The van der Waals surface area contributed by atoms with Crippen LogP contribution in [0.1, 0.15) is 5.56 Å². The van der Waals surface area contributed by atoms with E-state index in [2.05, 4.69) is 39.4 Å². The number of carbonyl (C=O) groups excluding carboxylic acids is 1. The molecule has 0 saturated carbocycles. The highest BCUT2D eigenvalue weighted by Crippen LogP contribution is 2.43.